The lowest BCUT2D eigenvalue weighted by molar-refractivity contribution is -0.126. The summed E-state index contributed by atoms with van der Waals surface area (Å²) >= 11 is 0. The van der Waals surface area contributed by atoms with Crippen molar-refractivity contribution < 1.29 is 9.53 Å². The van der Waals surface area contributed by atoms with Crippen LogP contribution < -0.4 is 11.1 Å². The summed E-state index contributed by atoms with van der Waals surface area (Å²) in [5.41, 5.74) is 7.73. The number of rotatable bonds is 8. The quantitative estimate of drug-likeness (QED) is 0.715. The van der Waals surface area contributed by atoms with E-state index in [4.69, 9.17) is 10.5 Å². The Morgan fingerprint density at radius 1 is 1.25 bits per heavy atom. The number of nitrogens with one attached hydrogen (secondary N) is 1. The van der Waals surface area contributed by atoms with Gasteiger partial charge in [-0.15, -0.1) is 0 Å². The second kappa shape index (κ2) is 8.72. The van der Waals surface area contributed by atoms with E-state index in [1.807, 2.05) is 6.92 Å². The van der Waals surface area contributed by atoms with Gasteiger partial charge in [-0.25, -0.2) is 0 Å². The fourth-order valence-electron chi connectivity index (χ4n) is 2.03. The van der Waals surface area contributed by atoms with Gasteiger partial charge in [-0.05, 0) is 30.4 Å². The molecule has 0 radical (unpaired) electrons. The predicted octanol–water partition coefficient (Wildman–Crippen LogP) is 2.04. The first-order valence-electron chi connectivity index (χ1n) is 7.19. The number of ether oxygens (including phenoxy) is 1. The van der Waals surface area contributed by atoms with Crippen LogP contribution in [0.25, 0.3) is 0 Å². The van der Waals surface area contributed by atoms with Gasteiger partial charge in [-0.1, -0.05) is 38.1 Å². The molecule has 4 heteroatoms. The maximum absolute atomic E-state index is 11.6. The van der Waals surface area contributed by atoms with E-state index in [0.29, 0.717) is 19.1 Å². The zero-order valence-corrected chi connectivity index (χ0v) is 12.7. The van der Waals surface area contributed by atoms with Gasteiger partial charge in [-0.2, -0.15) is 0 Å². The molecule has 0 aliphatic heterocycles. The van der Waals surface area contributed by atoms with Gasteiger partial charge in [0.25, 0.3) is 0 Å². The third-order valence-corrected chi connectivity index (χ3v) is 3.00. The van der Waals surface area contributed by atoms with Crippen molar-refractivity contribution in [1.82, 2.24) is 5.32 Å². The topological polar surface area (TPSA) is 64.3 Å². The number of carbonyl (C=O) groups excluding carboxylic acids is 1. The molecule has 1 aromatic rings. The zero-order valence-electron chi connectivity index (χ0n) is 12.7. The molecule has 0 bridgehead atoms. The maximum Gasteiger partial charge on any atom is 0.246 e. The van der Waals surface area contributed by atoms with Gasteiger partial charge in [0, 0.05) is 6.54 Å². The first-order valence-corrected chi connectivity index (χ1v) is 7.19. The summed E-state index contributed by atoms with van der Waals surface area (Å²) in [6.45, 7) is 7.29. The Bertz CT molecular complexity index is 401. The lowest BCUT2D eigenvalue weighted by Crippen LogP contribution is -2.30. The van der Waals surface area contributed by atoms with Crippen LogP contribution in [-0.2, 0) is 16.0 Å². The number of hydrogen-bond donors (Lipinski definition) is 2. The molecule has 3 N–H and O–H groups in total. The van der Waals surface area contributed by atoms with E-state index in [2.05, 4.69) is 43.4 Å². The predicted molar refractivity (Wildman–Crippen MR) is 81.4 cm³/mol. The van der Waals surface area contributed by atoms with E-state index < -0.39 is 0 Å². The van der Waals surface area contributed by atoms with E-state index in [1.165, 1.54) is 5.56 Å². The number of benzene rings is 1. The average Bonchev–Trinajstić information content (AvgIpc) is 2.39. The molecule has 0 saturated heterocycles. The Kier molecular flexibility index (Phi) is 7.26. The summed E-state index contributed by atoms with van der Waals surface area (Å²) in [7, 11) is 0. The highest BCUT2D eigenvalue weighted by Gasteiger charge is 2.09. The van der Waals surface area contributed by atoms with Gasteiger partial charge in [0.1, 0.15) is 6.61 Å². The van der Waals surface area contributed by atoms with Crippen molar-refractivity contribution in [2.75, 3.05) is 19.8 Å². The SMILES string of the molecule is CC(C)Cc1ccc(C(C)NC(=O)COCCN)cc1. The first-order chi connectivity index (χ1) is 9.52. The van der Waals surface area contributed by atoms with Crippen molar-refractivity contribution in [2.45, 2.75) is 33.2 Å². The number of carbonyl (C=O) groups is 1. The van der Waals surface area contributed by atoms with E-state index in [1.54, 1.807) is 0 Å². The van der Waals surface area contributed by atoms with Crippen molar-refractivity contribution in [3.63, 3.8) is 0 Å². The van der Waals surface area contributed by atoms with Crippen LogP contribution in [0.4, 0.5) is 0 Å². The largest absolute Gasteiger partial charge is 0.370 e. The standard InChI is InChI=1S/C16H26N2O2/c1-12(2)10-14-4-6-15(7-5-14)13(3)18-16(19)11-20-9-8-17/h4-7,12-13H,8-11,17H2,1-3H3,(H,18,19). The molecule has 0 heterocycles. The minimum atomic E-state index is -0.114. The van der Waals surface area contributed by atoms with E-state index in [0.717, 1.165) is 12.0 Å². The summed E-state index contributed by atoms with van der Waals surface area (Å²) in [4.78, 5) is 11.6. The highest BCUT2D eigenvalue weighted by Crippen LogP contribution is 2.15. The van der Waals surface area contributed by atoms with Crippen molar-refractivity contribution >= 4 is 5.91 Å². The molecule has 0 fully saturated rings. The lowest BCUT2D eigenvalue weighted by Gasteiger charge is -2.15. The Morgan fingerprint density at radius 2 is 1.90 bits per heavy atom. The van der Waals surface area contributed by atoms with Crippen LogP contribution >= 0.6 is 0 Å². The minimum Gasteiger partial charge on any atom is -0.370 e. The van der Waals surface area contributed by atoms with Gasteiger partial charge in [-0.3, -0.25) is 4.79 Å². The maximum atomic E-state index is 11.6. The van der Waals surface area contributed by atoms with Crippen LogP contribution in [-0.4, -0.2) is 25.7 Å². The summed E-state index contributed by atoms with van der Waals surface area (Å²) in [6.07, 6.45) is 1.08. The van der Waals surface area contributed by atoms with Crippen LogP contribution in [0, 0.1) is 5.92 Å². The molecule has 0 aliphatic rings. The lowest BCUT2D eigenvalue weighted by atomic mass is 10.00. The molecule has 1 rings (SSSR count). The average molecular weight is 278 g/mol. The molecule has 1 atom stereocenters. The van der Waals surface area contributed by atoms with E-state index in [9.17, 15) is 4.79 Å². The van der Waals surface area contributed by atoms with Gasteiger partial charge in [0.2, 0.25) is 5.91 Å². The monoisotopic (exact) mass is 278 g/mol. The molecule has 1 unspecified atom stereocenters. The van der Waals surface area contributed by atoms with Crippen LogP contribution in [0.5, 0.6) is 0 Å². The third-order valence-electron chi connectivity index (χ3n) is 3.00. The molecule has 1 amide bonds. The molecule has 1 aromatic carbocycles. The summed E-state index contributed by atoms with van der Waals surface area (Å²) < 4.78 is 5.11. The Morgan fingerprint density at radius 3 is 2.45 bits per heavy atom. The molecular weight excluding hydrogens is 252 g/mol. The molecular formula is C16H26N2O2. The van der Waals surface area contributed by atoms with Crippen molar-refractivity contribution in [2.24, 2.45) is 11.7 Å². The number of amides is 1. The highest BCUT2D eigenvalue weighted by atomic mass is 16.5. The molecule has 0 spiro atoms. The van der Waals surface area contributed by atoms with Crippen molar-refractivity contribution in [3.8, 4) is 0 Å². The number of nitrogens with two attached hydrogens (primary N) is 1. The second-order valence-corrected chi connectivity index (χ2v) is 5.47. The number of hydrogen-bond acceptors (Lipinski definition) is 3. The normalized spacial score (nSPS) is 12.4. The molecule has 0 saturated carbocycles. The van der Waals surface area contributed by atoms with Crippen molar-refractivity contribution in [3.05, 3.63) is 35.4 Å². The molecule has 112 valence electrons. The van der Waals surface area contributed by atoms with Crippen LogP contribution in [0.1, 0.15) is 37.9 Å². The van der Waals surface area contributed by atoms with Gasteiger partial charge < -0.3 is 15.8 Å². The Labute approximate surface area is 121 Å². The Hall–Kier alpha value is -1.39. The minimum absolute atomic E-state index is 0.0166. The summed E-state index contributed by atoms with van der Waals surface area (Å²) in [6, 6.07) is 8.38. The van der Waals surface area contributed by atoms with E-state index >= 15 is 0 Å². The first kappa shape index (κ1) is 16.7. The van der Waals surface area contributed by atoms with Gasteiger partial charge >= 0.3 is 0 Å². The van der Waals surface area contributed by atoms with Crippen LogP contribution in [0.2, 0.25) is 0 Å². The molecule has 0 aromatic heterocycles. The Balaban J connectivity index is 2.46. The van der Waals surface area contributed by atoms with Crippen LogP contribution in [0.3, 0.4) is 0 Å². The van der Waals surface area contributed by atoms with Gasteiger partial charge in [0.05, 0.1) is 12.6 Å². The highest BCUT2D eigenvalue weighted by molar-refractivity contribution is 5.77. The fraction of sp³-hybridized carbons (Fsp3) is 0.562. The molecule has 4 nitrogen and oxygen atoms in total. The third kappa shape index (κ3) is 6.17. The molecule has 20 heavy (non-hydrogen) atoms. The summed E-state index contributed by atoms with van der Waals surface area (Å²) in [5.74, 6) is 0.537. The zero-order chi connectivity index (χ0) is 15.0. The van der Waals surface area contributed by atoms with E-state index in [-0.39, 0.29) is 18.6 Å². The van der Waals surface area contributed by atoms with Gasteiger partial charge in [0.15, 0.2) is 0 Å². The molecule has 0 aliphatic carbocycles. The second-order valence-electron chi connectivity index (χ2n) is 5.47. The summed E-state index contributed by atoms with van der Waals surface area (Å²) in [5, 5.41) is 2.91. The van der Waals surface area contributed by atoms with Crippen molar-refractivity contribution in [1.29, 1.82) is 0 Å². The fourth-order valence-corrected chi connectivity index (χ4v) is 2.03. The smallest absolute Gasteiger partial charge is 0.246 e. The van der Waals surface area contributed by atoms with Crippen LogP contribution in [0.15, 0.2) is 24.3 Å².